The van der Waals surface area contributed by atoms with Gasteiger partial charge in [-0.1, -0.05) is 60.7 Å². The second kappa shape index (κ2) is 16.9. The van der Waals surface area contributed by atoms with Crippen LogP contribution in [0.15, 0.2) is 128 Å². The van der Waals surface area contributed by atoms with E-state index in [4.69, 9.17) is 9.47 Å². The Balaban J connectivity index is 0.00000552. The number of hydrogen-bond acceptors (Lipinski definition) is 9. The maximum absolute atomic E-state index is 13.1. The summed E-state index contributed by atoms with van der Waals surface area (Å²) >= 11 is 6.49. The molecule has 0 aliphatic heterocycles. The van der Waals surface area contributed by atoms with Gasteiger partial charge in [0, 0.05) is 20.3 Å². The Hall–Kier alpha value is -3.18. The number of carbonyl (C=O) groups is 1. The number of benzene rings is 4. The van der Waals surface area contributed by atoms with Crippen LogP contribution in [0, 0.1) is 0 Å². The van der Waals surface area contributed by atoms with Crippen LogP contribution in [-0.4, -0.2) is 48.5 Å². The van der Waals surface area contributed by atoms with Crippen molar-refractivity contribution in [1.82, 2.24) is 9.44 Å². The van der Waals surface area contributed by atoms with Gasteiger partial charge in [0.25, 0.3) is 0 Å². The fourth-order valence-corrected chi connectivity index (χ4v) is 8.12. The molecule has 0 amide bonds. The van der Waals surface area contributed by atoms with Gasteiger partial charge in [-0.2, -0.15) is 9.44 Å². The molecule has 0 radical (unpaired) electrons. The lowest BCUT2D eigenvalue weighted by Crippen LogP contribution is -2.45. The number of carbonyl (C=O) groups excluding carboxylic acids is 1. The fourth-order valence-electron chi connectivity index (χ4n) is 3.85. The topological polar surface area (TPSA) is 152 Å². The smallest absolute Gasteiger partial charge is 0.431 e. The molecule has 11 nitrogen and oxygen atoms in total. The second-order valence-corrected chi connectivity index (χ2v) is 14.2. The summed E-state index contributed by atoms with van der Waals surface area (Å²) in [6.45, 7) is -0.923. The minimum absolute atomic E-state index is 0. The first-order valence-electron chi connectivity index (χ1n) is 13.0. The highest BCUT2D eigenvalue weighted by molar-refractivity contribution is 9.10. The first-order chi connectivity index (χ1) is 21.0. The first-order valence-corrected chi connectivity index (χ1v) is 17.6. The Bertz CT molecular complexity index is 1640. The zero-order chi connectivity index (χ0) is 31.6. The van der Waals surface area contributed by atoms with Crippen molar-refractivity contribution in [1.29, 1.82) is 0 Å². The van der Waals surface area contributed by atoms with Crippen molar-refractivity contribution in [3.05, 3.63) is 118 Å². The van der Waals surface area contributed by atoms with Gasteiger partial charge in [-0.25, -0.2) is 21.6 Å². The van der Waals surface area contributed by atoms with Gasteiger partial charge >= 0.3 is 6.16 Å². The molecule has 4 aromatic carbocycles. The number of rotatable bonds is 14. The van der Waals surface area contributed by atoms with Gasteiger partial charge in [-0.15, -0.1) is 12.4 Å². The Morgan fingerprint density at radius 1 is 0.578 bits per heavy atom. The highest BCUT2D eigenvalue weighted by Gasteiger charge is 2.26. The quantitative estimate of drug-likeness (QED) is 0.0900. The van der Waals surface area contributed by atoms with Crippen LogP contribution in [0.4, 0.5) is 16.2 Å². The number of para-hydroxylation sites is 2. The van der Waals surface area contributed by atoms with Crippen LogP contribution in [0.2, 0.25) is 0 Å². The standard InChI is InChI=1S/C29H28Br2N4O7S2.ClH/c30-23-15-7-9-17-25(23)43(37,38)34-27(32-21-11-3-1-4-12-21)19-41-29(36)42-20-28(33-22-13-5-2-6-14-22)35-44(39,40)26-18-10-8-16-24(26)31;/h1-18,27-28,32-35H,19-20H2;1H. The van der Waals surface area contributed by atoms with Gasteiger partial charge in [0.15, 0.2) is 0 Å². The van der Waals surface area contributed by atoms with Gasteiger partial charge in [-0.3, -0.25) is 0 Å². The van der Waals surface area contributed by atoms with Crippen LogP contribution < -0.4 is 20.1 Å². The summed E-state index contributed by atoms with van der Waals surface area (Å²) in [5.74, 6) is 0. The minimum Gasteiger partial charge on any atom is -0.431 e. The van der Waals surface area contributed by atoms with E-state index in [9.17, 15) is 21.6 Å². The summed E-state index contributed by atoms with van der Waals surface area (Å²) in [5, 5.41) is 5.97. The van der Waals surface area contributed by atoms with E-state index in [2.05, 4.69) is 51.9 Å². The van der Waals surface area contributed by atoms with Crippen LogP contribution in [0.25, 0.3) is 0 Å². The number of hydrogen-bond donors (Lipinski definition) is 4. The van der Waals surface area contributed by atoms with Gasteiger partial charge in [0.1, 0.15) is 25.5 Å². The Kier molecular flexibility index (Phi) is 13.7. The van der Waals surface area contributed by atoms with E-state index in [1.165, 1.54) is 12.1 Å². The number of halogens is 3. The molecule has 4 aromatic rings. The average molecular weight is 805 g/mol. The number of ether oxygens (including phenoxy) is 2. The molecule has 16 heteroatoms. The summed E-state index contributed by atoms with van der Waals surface area (Å²) in [4.78, 5) is 12.7. The summed E-state index contributed by atoms with van der Waals surface area (Å²) in [5.41, 5.74) is 1.13. The third kappa shape index (κ3) is 11.0. The zero-order valence-corrected chi connectivity index (χ0v) is 28.9. The molecule has 0 aliphatic rings. The van der Waals surface area contributed by atoms with Crippen LogP contribution >= 0.6 is 44.3 Å². The number of anilines is 2. The van der Waals surface area contributed by atoms with Crippen molar-refractivity contribution in [3.8, 4) is 0 Å². The largest absolute Gasteiger partial charge is 0.508 e. The number of nitrogens with one attached hydrogen (secondary N) is 4. The molecular weight excluding hydrogens is 776 g/mol. The monoisotopic (exact) mass is 802 g/mol. The van der Waals surface area contributed by atoms with Gasteiger partial charge in [0.2, 0.25) is 20.0 Å². The van der Waals surface area contributed by atoms with E-state index in [-0.39, 0.29) is 22.2 Å². The van der Waals surface area contributed by atoms with E-state index in [1.54, 1.807) is 97.1 Å². The highest BCUT2D eigenvalue weighted by atomic mass is 79.9. The van der Waals surface area contributed by atoms with Crippen molar-refractivity contribution < 1.29 is 31.1 Å². The molecule has 0 fully saturated rings. The van der Waals surface area contributed by atoms with E-state index >= 15 is 0 Å². The predicted octanol–water partition coefficient (Wildman–Crippen LogP) is 5.92. The van der Waals surface area contributed by atoms with Crippen molar-refractivity contribution in [2.75, 3.05) is 23.8 Å². The number of sulfonamides is 2. The third-order valence-electron chi connectivity index (χ3n) is 5.81. The lowest BCUT2D eigenvalue weighted by atomic mass is 10.3. The van der Waals surface area contributed by atoms with E-state index in [0.717, 1.165) is 0 Å². The molecule has 0 heterocycles. The minimum atomic E-state index is -4.05. The molecule has 0 aromatic heterocycles. The fraction of sp³-hybridized carbons (Fsp3) is 0.138. The van der Waals surface area contributed by atoms with Crippen molar-refractivity contribution in [2.45, 2.75) is 22.1 Å². The van der Waals surface area contributed by atoms with Gasteiger partial charge in [-0.05, 0) is 80.4 Å². The van der Waals surface area contributed by atoms with Gasteiger partial charge < -0.3 is 20.1 Å². The molecule has 240 valence electrons. The molecular formula is C29H29Br2ClN4O7S2. The molecule has 4 N–H and O–H groups in total. The lowest BCUT2D eigenvalue weighted by molar-refractivity contribution is 0.0485. The summed E-state index contributed by atoms with van der Waals surface area (Å²) in [6.07, 6.45) is -3.33. The molecule has 4 rings (SSSR count). The molecule has 0 bridgehead atoms. The summed E-state index contributed by atoms with van der Waals surface area (Å²) < 4.78 is 68.7. The first kappa shape index (κ1) is 36.3. The van der Waals surface area contributed by atoms with E-state index in [0.29, 0.717) is 20.3 Å². The molecule has 0 saturated heterocycles. The third-order valence-corrected chi connectivity index (χ3v) is 10.8. The maximum atomic E-state index is 13.1. The summed E-state index contributed by atoms with van der Waals surface area (Å²) in [7, 11) is -8.10. The van der Waals surface area contributed by atoms with Crippen LogP contribution in [-0.2, 0) is 29.5 Å². The van der Waals surface area contributed by atoms with Crippen molar-refractivity contribution >= 4 is 81.8 Å². The Labute approximate surface area is 284 Å². The maximum Gasteiger partial charge on any atom is 0.508 e. The Morgan fingerprint density at radius 3 is 1.27 bits per heavy atom. The molecule has 0 aliphatic carbocycles. The van der Waals surface area contributed by atoms with Gasteiger partial charge in [0.05, 0.1) is 9.79 Å². The van der Waals surface area contributed by atoms with Crippen LogP contribution in [0.1, 0.15) is 0 Å². The normalized spacial score (nSPS) is 12.7. The van der Waals surface area contributed by atoms with Crippen LogP contribution in [0.3, 0.4) is 0 Å². The second-order valence-electron chi connectivity index (χ2n) is 9.10. The lowest BCUT2D eigenvalue weighted by Gasteiger charge is -2.23. The van der Waals surface area contributed by atoms with E-state index < -0.39 is 51.7 Å². The molecule has 2 unspecified atom stereocenters. The van der Waals surface area contributed by atoms with Crippen molar-refractivity contribution in [2.24, 2.45) is 0 Å². The van der Waals surface area contributed by atoms with Crippen molar-refractivity contribution in [3.63, 3.8) is 0 Å². The molecule has 0 saturated carbocycles. The summed E-state index contributed by atoms with van der Waals surface area (Å²) in [6, 6.07) is 30.0. The highest BCUT2D eigenvalue weighted by Crippen LogP contribution is 2.23. The molecule has 0 spiro atoms. The van der Waals surface area contributed by atoms with Crippen LogP contribution in [0.5, 0.6) is 0 Å². The molecule has 45 heavy (non-hydrogen) atoms. The Morgan fingerprint density at radius 2 is 0.911 bits per heavy atom. The zero-order valence-electron chi connectivity index (χ0n) is 23.3. The SMILES string of the molecule is Cl.O=C(OCC(Nc1ccccc1)NS(=O)(=O)c1ccccc1Br)OCC(Nc1ccccc1)NS(=O)(=O)c1ccccc1Br. The van der Waals surface area contributed by atoms with E-state index in [1.807, 2.05) is 0 Å². The average Bonchev–Trinajstić information content (AvgIpc) is 2.99. The molecule has 2 atom stereocenters. The predicted molar refractivity (Wildman–Crippen MR) is 181 cm³/mol.